The van der Waals surface area contributed by atoms with Gasteiger partial charge in [-0.2, -0.15) is 13.2 Å². The summed E-state index contributed by atoms with van der Waals surface area (Å²) in [6, 6.07) is 5.51. The first kappa shape index (κ1) is 17.8. The predicted molar refractivity (Wildman–Crippen MR) is 84.0 cm³/mol. The van der Waals surface area contributed by atoms with Crippen molar-refractivity contribution in [2.75, 3.05) is 13.1 Å². The third kappa shape index (κ3) is 4.06. The van der Waals surface area contributed by atoms with Gasteiger partial charge in [-0.05, 0) is 28.9 Å². The number of nitrogens with zero attached hydrogens (tertiary/aromatic N) is 1. The van der Waals surface area contributed by atoms with E-state index in [-0.39, 0.29) is 23.3 Å². The highest BCUT2D eigenvalue weighted by Gasteiger charge is 2.39. The Morgan fingerprint density at radius 1 is 1.22 bits per heavy atom. The van der Waals surface area contributed by atoms with Crippen LogP contribution in [-0.4, -0.2) is 23.9 Å². The van der Waals surface area contributed by atoms with Crippen LogP contribution >= 0.6 is 0 Å². The van der Waals surface area contributed by atoms with Gasteiger partial charge in [0.25, 0.3) is 0 Å². The lowest BCUT2D eigenvalue weighted by Crippen LogP contribution is -2.54. The molecule has 0 radical (unpaired) electrons. The van der Waals surface area contributed by atoms with Crippen molar-refractivity contribution in [3.8, 4) is 0 Å². The minimum Gasteiger partial charge on any atom is -0.342 e. The summed E-state index contributed by atoms with van der Waals surface area (Å²) in [7, 11) is 0. The zero-order valence-corrected chi connectivity index (χ0v) is 14.1. The van der Waals surface area contributed by atoms with E-state index in [9.17, 15) is 18.0 Å². The van der Waals surface area contributed by atoms with Crippen LogP contribution in [-0.2, 0) is 11.0 Å². The highest BCUT2D eigenvalue weighted by Crippen LogP contribution is 2.37. The third-order valence-electron chi connectivity index (χ3n) is 4.74. The number of amides is 1. The Morgan fingerprint density at radius 3 is 2.30 bits per heavy atom. The average molecular weight is 327 g/mol. The van der Waals surface area contributed by atoms with Crippen molar-refractivity contribution in [1.29, 1.82) is 0 Å². The Bertz CT molecular complexity index is 568. The molecule has 1 aliphatic heterocycles. The van der Waals surface area contributed by atoms with Crippen molar-refractivity contribution in [2.24, 2.45) is 11.3 Å². The highest BCUT2D eigenvalue weighted by molar-refractivity contribution is 5.78. The molecule has 0 spiro atoms. The molecule has 2 rings (SSSR count). The van der Waals surface area contributed by atoms with Crippen LogP contribution in [0.3, 0.4) is 0 Å². The van der Waals surface area contributed by atoms with Gasteiger partial charge in [-0.15, -0.1) is 0 Å². The summed E-state index contributed by atoms with van der Waals surface area (Å²) < 4.78 is 39.2. The molecule has 0 N–H and O–H groups in total. The molecule has 1 aromatic carbocycles. The molecule has 1 amide bonds. The molecule has 1 saturated heterocycles. The molecule has 0 saturated carbocycles. The number of carbonyl (C=O) groups excluding carboxylic acids is 1. The molecule has 1 aromatic rings. The Morgan fingerprint density at radius 2 is 1.78 bits per heavy atom. The molecular formula is C18H24F3NO. The molecular weight excluding hydrogens is 303 g/mol. The van der Waals surface area contributed by atoms with Crippen molar-refractivity contribution in [1.82, 2.24) is 4.90 Å². The Hall–Kier alpha value is -1.52. The largest absolute Gasteiger partial charge is 0.416 e. The SMILES string of the molecule is CC(CC(=O)N1CC(C(C)(C)C)C1)c1ccccc1C(F)(F)F. The monoisotopic (exact) mass is 327 g/mol. The van der Waals surface area contributed by atoms with Gasteiger partial charge in [0, 0.05) is 19.5 Å². The minimum atomic E-state index is -4.39. The number of halogens is 3. The van der Waals surface area contributed by atoms with Gasteiger partial charge in [0.1, 0.15) is 0 Å². The first-order valence-corrected chi connectivity index (χ1v) is 7.94. The van der Waals surface area contributed by atoms with Crippen LogP contribution < -0.4 is 0 Å². The quantitative estimate of drug-likeness (QED) is 0.788. The van der Waals surface area contributed by atoms with Crippen LogP contribution in [0, 0.1) is 11.3 Å². The molecule has 1 fully saturated rings. The first-order valence-electron chi connectivity index (χ1n) is 7.94. The van der Waals surface area contributed by atoms with E-state index in [1.807, 2.05) is 0 Å². The summed E-state index contributed by atoms with van der Waals surface area (Å²) in [6.07, 6.45) is -4.27. The molecule has 128 valence electrons. The van der Waals surface area contributed by atoms with Gasteiger partial charge >= 0.3 is 6.18 Å². The second-order valence-electron chi connectivity index (χ2n) is 7.55. The molecule has 0 aromatic heterocycles. The van der Waals surface area contributed by atoms with E-state index in [1.165, 1.54) is 12.1 Å². The number of hydrogen-bond acceptors (Lipinski definition) is 1. The average Bonchev–Trinajstić information content (AvgIpc) is 2.33. The van der Waals surface area contributed by atoms with Crippen molar-refractivity contribution in [3.05, 3.63) is 35.4 Å². The van der Waals surface area contributed by atoms with Gasteiger partial charge in [0.2, 0.25) is 5.91 Å². The minimum absolute atomic E-state index is 0.0602. The zero-order chi connectivity index (χ0) is 17.4. The van der Waals surface area contributed by atoms with E-state index in [2.05, 4.69) is 20.8 Å². The van der Waals surface area contributed by atoms with E-state index in [1.54, 1.807) is 17.9 Å². The molecule has 0 aliphatic carbocycles. The maximum absolute atomic E-state index is 13.1. The second kappa shape index (κ2) is 6.17. The molecule has 2 nitrogen and oxygen atoms in total. The van der Waals surface area contributed by atoms with E-state index in [0.717, 1.165) is 6.07 Å². The smallest absolute Gasteiger partial charge is 0.342 e. The van der Waals surface area contributed by atoms with E-state index >= 15 is 0 Å². The number of likely N-dealkylation sites (tertiary alicyclic amines) is 1. The summed E-state index contributed by atoms with van der Waals surface area (Å²) in [5.41, 5.74) is -0.289. The van der Waals surface area contributed by atoms with E-state index < -0.39 is 17.7 Å². The standard InChI is InChI=1S/C18H24F3NO/c1-12(14-7-5-6-8-15(14)18(19,20)21)9-16(23)22-10-13(11-22)17(2,3)4/h5-8,12-13H,9-11H2,1-4H3. The van der Waals surface area contributed by atoms with E-state index in [0.29, 0.717) is 19.0 Å². The molecule has 1 aliphatic rings. The number of rotatable bonds is 3. The second-order valence-corrected chi connectivity index (χ2v) is 7.55. The molecule has 0 bridgehead atoms. The van der Waals surface area contributed by atoms with Gasteiger partial charge in [0.05, 0.1) is 5.56 Å². The lowest BCUT2D eigenvalue weighted by molar-refractivity contribution is -0.142. The molecule has 1 atom stereocenters. The van der Waals surface area contributed by atoms with Crippen LogP contribution in [0.4, 0.5) is 13.2 Å². The third-order valence-corrected chi connectivity index (χ3v) is 4.74. The Labute approximate surface area is 135 Å². The van der Waals surface area contributed by atoms with Crippen molar-refractivity contribution >= 4 is 5.91 Å². The number of carbonyl (C=O) groups is 1. The molecule has 5 heteroatoms. The van der Waals surface area contributed by atoms with Crippen LogP contribution in [0.5, 0.6) is 0 Å². The van der Waals surface area contributed by atoms with Gasteiger partial charge < -0.3 is 4.90 Å². The van der Waals surface area contributed by atoms with E-state index in [4.69, 9.17) is 0 Å². The summed E-state index contributed by atoms with van der Waals surface area (Å²) >= 11 is 0. The number of alkyl halides is 3. The molecule has 1 heterocycles. The summed E-state index contributed by atoms with van der Waals surface area (Å²) in [4.78, 5) is 14.0. The number of benzene rings is 1. The fraction of sp³-hybridized carbons (Fsp3) is 0.611. The van der Waals surface area contributed by atoms with Gasteiger partial charge in [-0.3, -0.25) is 4.79 Å². The Kier molecular flexibility index (Phi) is 4.79. The summed E-state index contributed by atoms with van der Waals surface area (Å²) in [6.45, 7) is 9.51. The van der Waals surface area contributed by atoms with Crippen molar-refractivity contribution in [2.45, 2.75) is 46.2 Å². The van der Waals surface area contributed by atoms with Crippen molar-refractivity contribution < 1.29 is 18.0 Å². The van der Waals surface area contributed by atoms with Crippen LogP contribution in [0.1, 0.15) is 51.2 Å². The van der Waals surface area contributed by atoms with Gasteiger partial charge in [-0.1, -0.05) is 45.9 Å². The van der Waals surface area contributed by atoms with Crippen LogP contribution in [0.15, 0.2) is 24.3 Å². The lowest BCUT2D eigenvalue weighted by Gasteiger charge is -2.46. The lowest BCUT2D eigenvalue weighted by atomic mass is 9.76. The number of hydrogen-bond donors (Lipinski definition) is 0. The van der Waals surface area contributed by atoms with Gasteiger partial charge in [0.15, 0.2) is 0 Å². The summed E-state index contributed by atoms with van der Waals surface area (Å²) in [5, 5.41) is 0. The molecule has 23 heavy (non-hydrogen) atoms. The first-order chi connectivity index (χ1) is 10.5. The van der Waals surface area contributed by atoms with Crippen LogP contribution in [0.2, 0.25) is 0 Å². The van der Waals surface area contributed by atoms with Gasteiger partial charge in [-0.25, -0.2) is 0 Å². The fourth-order valence-corrected chi connectivity index (χ4v) is 2.92. The molecule has 1 unspecified atom stereocenters. The Balaban J connectivity index is 2.01. The highest BCUT2D eigenvalue weighted by atomic mass is 19.4. The summed E-state index contributed by atoms with van der Waals surface area (Å²) in [5.74, 6) is -0.0480. The topological polar surface area (TPSA) is 20.3 Å². The zero-order valence-electron chi connectivity index (χ0n) is 14.1. The van der Waals surface area contributed by atoms with Crippen molar-refractivity contribution in [3.63, 3.8) is 0 Å². The maximum Gasteiger partial charge on any atom is 0.416 e. The predicted octanol–water partition coefficient (Wildman–Crippen LogP) is 4.70. The van der Waals surface area contributed by atoms with Crippen LogP contribution in [0.25, 0.3) is 0 Å². The normalized spacial score (nSPS) is 17.8. The maximum atomic E-state index is 13.1. The fourth-order valence-electron chi connectivity index (χ4n) is 2.92.